The highest BCUT2D eigenvalue weighted by Crippen LogP contribution is 2.13. The van der Waals surface area contributed by atoms with Crippen LogP contribution in [0, 0.1) is 0 Å². The van der Waals surface area contributed by atoms with Gasteiger partial charge in [-0.15, -0.1) is 0 Å². The van der Waals surface area contributed by atoms with Crippen LogP contribution in [0.25, 0.3) is 0 Å². The molecule has 0 radical (unpaired) electrons. The molecule has 98 valence electrons. The third kappa shape index (κ3) is 3.34. The number of carbonyl (C=O) groups excluding carboxylic acids is 1. The van der Waals surface area contributed by atoms with Crippen LogP contribution in [0.3, 0.4) is 0 Å². The Morgan fingerprint density at radius 1 is 1.61 bits per heavy atom. The quantitative estimate of drug-likeness (QED) is 0.797. The molecule has 0 aliphatic carbocycles. The van der Waals surface area contributed by atoms with Gasteiger partial charge in [-0.05, 0) is 25.5 Å². The van der Waals surface area contributed by atoms with Crippen molar-refractivity contribution in [3.8, 4) is 0 Å². The first-order valence-corrected chi connectivity index (χ1v) is 6.31. The summed E-state index contributed by atoms with van der Waals surface area (Å²) in [5.74, 6) is 0. The van der Waals surface area contributed by atoms with Gasteiger partial charge in [0.05, 0.1) is 24.5 Å². The van der Waals surface area contributed by atoms with E-state index in [1.165, 1.54) is 0 Å². The van der Waals surface area contributed by atoms with Crippen molar-refractivity contribution in [3.05, 3.63) is 23.5 Å². The van der Waals surface area contributed by atoms with Gasteiger partial charge in [-0.3, -0.25) is 0 Å². The highest BCUT2D eigenvalue weighted by atomic mass is 35.5. The molecule has 5 nitrogen and oxygen atoms in total. The topological polar surface area (TPSA) is 54.5 Å². The number of nitrogens with zero attached hydrogens (tertiary/aromatic N) is 2. The van der Waals surface area contributed by atoms with Gasteiger partial charge >= 0.3 is 6.03 Å². The van der Waals surface area contributed by atoms with E-state index in [-0.39, 0.29) is 12.1 Å². The van der Waals surface area contributed by atoms with Crippen molar-refractivity contribution >= 4 is 23.3 Å². The average molecular weight is 270 g/mol. The van der Waals surface area contributed by atoms with Crippen LogP contribution < -0.4 is 5.32 Å². The van der Waals surface area contributed by atoms with E-state index in [4.69, 9.17) is 16.3 Å². The van der Waals surface area contributed by atoms with Gasteiger partial charge in [0.2, 0.25) is 0 Å². The summed E-state index contributed by atoms with van der Waals surface area (Å²) in [6.07, 6.45) is 2.40. The van der Waals surface area contributed by atoms with Gasteiger partial charge in [0.15, 0.2) is 0 Å². The molecule has 2 amide bonds. The number of anilines is 1. The fraction of sp³-hybridized carbons (Fsp3) is 0.500. The number of rotatable bonds is 1. The minimum Gasteiger partial charge on any atom is -0.379 e. The summed E-state index contributed by atoms with van der Waals surface area (Å²) < 4.78 is 5.40. The predicted molar refractivity (Wildman–Crippen MR) is 69.9 cm³/mol. The van der Waals surface area contributed by atoms with Crippen molar-refractivity contribution in [2.24, 2.45) is 0 Å². The molecule has 1 saturated heterocycles. The first-order valence-electron chi connectivity index (χ1n) is 5.94. The summed E-state index contributed by atoms with van der Waals surface area (Å²) in [6, 6.07) is 3.32. The lowest BCUT2D eigenvalue weighted by atomic mass is 10.3. The average Bonchev–Trinajstić information content (AvgIpc) is 2.57. The molecule has 1 N–H and O–H groups in total. The third-order valence-corrected chi connectivity index (χ3v) is 3.04. The summed E-state index contributed by atoms with van der Waals surface area (Å²) in [5, 5.41) is 3.21. The highest BCUT2D eigenvalue weighted by Gasteiger charge is 2.22. The van der Waals surface area contributed by atoms with Gasteiger partial charge in [-0.1, -0.05) is 11.6 Å². The number of pyridine rings is 1. The molecule has 6 heteroatoms. The summed E-state index contributed by atoms with van der Waals surface area (Å²) in [4.78, 5) is 17.8. The number of hydrogen-bond donors (Lipinski definition) is 1. The molecule has 2 heterocycles. The van der Waals surface area contributed by atoms with Crippen molar-refractivity contribution in [2.45, 2.75) is 19.4 Å². The Morgan fingerprint density at radius 2 is 2.44 bits per heavy atom. The molecule has 1 aliphatic rings. The smallest absolute Gasteiger partial charge is 0.322 e. The van der Waals surface area contributed by atoms with Crippen molar-refractivity contribution in [1.29, 1.82) is 0 Å². The zero-order chi connectivity index (χ0) is 13.0. The maximum absolute atomic E-state index is 12.1. The molecule has 1 fully saturated rings. The van der Waals surface area contributed by atoms with E-state index in [0.717, 1.165) is 6.42 Å². The molecule has 1 unspecified atom stereocenters. The van der Waals surface area contributed by atoms with Crippen molar-refractivity contribution in [2.75, 3.05) is 25.1 Å². The fourth-order valence-electron chi connectivity index (χ4n) is 1.85. The molecular weight excluding hydrogens is 254 g/mol. The Kier molecular flexibility index (Phi) is 4.38. The molecule has 2 rings (SSSR count). The highest BCUT2D eigenvalue weighted by molar-refractivity contribution is 6.29. The number of nitrogens with one attached hydrogen (secondary N) is 1. The number of urea groups is 1. The summed E-state index contributed by atoms with van der Waals surface area (Å²) in [6.45, 7) is 3.96. The van der Waals surface area contributed by atoms with E-state index >= 15 is 0 Å². The van der Waals surface area contributed by atoms with Crippen molar-refractivity contribution in [3.63, 3.8) is 0 Å². The lowest BCUT2D eigenvalue weighted by Crippen LogP contribution is -2.42. The van der Waals surface area contributed by atoms with Crippen molar-refractivity contribution < 1.29 is 9.53 Å². The van der Waals surface area contributed by atoms with Gasteiger partial charge in [-0.25, -0.2) is 9.78 Å². The molecule has 0 saturated carbocycles. The normalized spacial score (nSPS) is 20.3. The fourth-order valence-corrected chi connectivity index (χ4v) is 1.96. The maximum atomic E-state index is 12.1. The van der Waals surface area contributed by atoms with Crippen LogP contribution in [0.5, 0.6) is 0 Å². The minimum atomic E-state index is -0.128. The number of halogens is 1. The van der Waals surface area contributed by atoms with E-state index < -0.39 is 0 Å². The van der Waals surface area contributed by atoms with Gasteiger partial charge in [0.25, 0.3) is 0 Å². The monoisotopic (exact) mass is 269 g/mol. The summed E-state index contributed by atoms with van der Waals surface area (Å²) in [5.41, 5.74) is 0.641. The second kappa shape index (κ2) is 6.02. The number of amides is 2. The lowest BCUT2D eigenvalue weighted by molar-refractivity contribution is 0.116. The number of aromatic nitrogens is 1. The molecule has 0 spiro atoms. The number of ether oxygens (including phenoxy) is 1. The standard InChI is InChI=1S/C12H16ClN3O2/c1-9-8-18-6-2-5-16(9)12(17)15-10-3-4-11(13)14-7-10/h3-4,7,9H,2,5-6,8H2,1H3,(H,15,17). The summed E-state index contributed by atoms with van der Waals surface area (Å²) in [7, 11) is 0. The molecule has 1 atom stereocenters. The van der Waals surface area contributed by atoms with Gasteiger partial charge in [-0.2, -0.15) is 0 Å². The maximum Gasteiger partial charge on any atom is 0.322 e. The molecular formula is C12H16ClN3O2. The Bertz CT molecular complexity index is 410. The SMILES string of the molecule is CC1COCCCN1C(=O)Nc1ccc(Cl)nc1. The Hall–Kier alpha value is -1.33. The van der Waals surface area contributed by atoms with E-state index in [1.54, 1.807) is 23.2 Å². The molecule has 1 aliphatic heterocycles. The van der Waals surface area contributed by atoms with Crippen LogP contribution in [0.2, 0.25) is 5.15 Å². The van der Waals surface area contributed by atoms with E-state index in [0.29, 0.717) is 30.6 Å². The largest absolute Gasteiger partial charge is 0.379 e. The van der Waals surface area contributed by atoms with Crippen molar-refractivity contribution in [1.82, 2.24) is 9.88 Å². The van der Waals surface area contributed by atoms with Crippen LogP contribution in [0.4, 0.5) is 10.5 Å². The second-order valence-corrected chi connectivity index (χ2v) is 4.66. The number of carbonyl (C=O) groups is 1. The zero-order valence-electron chi connectivity index (χ0n) is 10.2. The minimum absolute atomic E-state index is 0.0766. The van der Waals surface area contributed by atoms with Gasteiger partial charge in [0, 0.05) is 13.2 Å². The van der Waals surface area contributed by atoms with Crippen LogP contribution >= 0.6 is 11.6 Å². The van der Waals surface area contributed by atoms with Gasteiger partial charge in [0.1, 0.15) is 5.15 Å². The zero-order valence-corrected chi connectivity index (χ0v) is 11.0. The first-order chi connectivity index (χ1) is 8.66. The van der Waals surface area contributed by atoms with E-state index in [1.807, 2.05) is 6.92 Å². The first kappa shape index (κ1) is 13.1. The Balaban J connectivity index is 1.99. The molecule has 0 aromatic carbocycles. The molecule has 1 aromatic heterocycles. The van der Waals surface area contributed by atoms with Crippen LogP contribution in [-0.4, -0.2) is 41.7 Å². The predicted octanol–water partition coefficient (Wildman–Crippen LogP) is 2.38. The van der Waals surface area contributed by atoms with Crippen LogP contribution in [0.15, 0.2) is 18.3 Å². The van der Waals surface area contributed by atoms with Crippen LogP contribution in [0.1, 0.15) is 13.3 Å². The third-order valence-electron chi connectivity index (χ3n) is 2.82. The molecule has 0 bridgehead atoms. The molecule has 18 heavy (non-hydrogen) atoms. The van der Waals surface area contributed by atoms with Crippen LogP contribution in [-0.2, 0) is 4.74 Å². The Labute approximate surface area is 111 Å². The molecule has 1 aromatic rings. The van der Waals surface area contributed by atoms with Gasteiger partial charge < -0.3 is 15.0 Å². The summed E-state index contributed by atoms with van der Waals surface area (Å²) >= 11 is 5.69. The second-order valence-electron chi connectivity index (χ2n) is 4.27. The Morgan fingerprint density at radius 3 is 3.17 bits per heavy atom. The van der Waals surface area contributed by atoms with E-state index in [2.05, 4.69) is 10.3 Å². The lowest BCUT2D eigenvalue weighted by Gasteiger charge is -2.26. The number of hydrogen-bond acceptors (Lipinski definition) is 3. The van der Waals surface area contributed by atoms with E-state index in [9.17, 15) is 4.79 Å².